The number of ether oxygens (including phenoxy) is 1. The van der Waals surface area contributed by atoms with Gasteiger partial charge < -0.3 is 15.2 Å². The van der Waals surface area contributed by atoms with Crippen LogP contribution >= 0.6 is 0 Å². The van der Waals surface area contributed by atoms with Gasteiger partial charge >= 0.3 is 0 Å². The molecule has 0 amide bonds. The van der Waals surface area contributed by atoms with Crippen molar-refractivity contribution in [3.05, 3.63) is 0 Å². The van der Waals surface area contributed by atoms with E-state index in [-0.39, 0.29) is 0 Å². The van der Waals surface area contributed by atoms with Crippen LogP contribution in [0.1, 0.15) is 58.8 Å². The van der Waals surface area contributed by atoms with Crippen molar-refractivity contribution in [3.63, 3.8) is 0 Å². The minimum atomic E-state index is 0.350. The Balaban J connectivity index is 1.86. The third-order valence-electron chi connectivity index (χ3n) is 5.93. The number of rotatable bonds is 6. The first-order valence-electron chi connectivity index (χ1n) is 8.09. The lowest BCUT2D eigenvalue weighted by molar-refractivity contribution is -0.127. The average Bonchev–Trinajstić information content (AvgIpc) is 2.45. The molecule has 3 nitrogen and oxygen atoms in total. The highest BCUT2D eigenvalue weighted by Gasteiger charge is 2.53. The van der Waals surface area contributed by atoms with E-state index < -0.39 is 0 Å². The topological polar surface area (TPSA) is 41.5 Å². The number of methoxy groups -OCH3 is 1. The molecular weight excluding hydrogens is 238 g/mol. The first-order valence-corrected chi connectivity index (χ1v) is 8.09. The zero-order valence-electron chi connectivity index (χ0n) is 12.8. The zero-order valence-corrected chi connectivity index (χ0v) is 12.8. The predicted octanol–water partition coefficient (Wildman–Crippen LogP) is 2.72. The molecule has 0 aromatic rings. The largest absolute Gasteiger partial charge is 0.396 e. The fraction of sp³-hybridized carbons (Fsp3) is 1.00. The molecule has 0 aromatic carbocycles. The van der Waals surface area contributed by atoms with E-state index in [2.05, 4.69) is 19.2 Å². The van der Waals surface area contributed by atoms with Crippen LogP contribution in [-0.2, 0) is 4.74 Å². The van der Waals surface area contributed by atoms with Gasteiger partial charge in [0.25, 0.3) is 0 Å². The summed E-state index contributed by atoms with van der Waals surface area (Å²) in [4.78, 5) is 0. The molecule has 3 heteroatoms. The zero-order chi connectivity index (χ0) is 13.9. The summed E-state index contributed by atoms with van der Waals surface area (Å²) in [5.74, 6) is 0.549. The van der Waals surface area contributed by atoms with Crippen LogP contribution in [0, 0.1) is 11.3 Å². The van der Waals surface area contributed by atoms with Gasteiger partial charge in [-0.15, -0.1) is 0 Å². The molecule has 0 spiro atoms. The number of hydrogen-bond donors (Lipinski definition) is 2. The minimum absolute atomic E-state index is 0.350. The third kappa shape index (κ3) is 2.84. The van der Waals surface area contributed by atoms with Crippen LogP contribution in [0.4, 0.5) is 0 Å². The first-order chi connectivity index (χ1) is 9.20. The lowest BCUT2D eigenvalue weighted by Crippen LogP contribution is -2.65. The average molecular weight is 269 g/mol. The SMILES string of the molecule is CCC1(CC)C(NC2CCC(CO)CC2)CC1OC. The van der Waals surface area contributed by atoms with Gasteiger partial charge in [0.2, 0.25) is 0 Å². The van der Waals surface area contributed by atoms with Crippen LogP contribution in [0.15, 0.2) is 0 Å². The van der Waals surface area contributed by atoms with Crippen molar-refractivity contribution in [3.8, 4) is 0 Å². The van der Waals surface area contributed by atoms with Crippen LogP contribution < -0.4 is 5.32 Å². The van der Waals surface area contributed by atoms with Crippen LogP contribution in [0.5, 0.6) is 0 Å². The maximum Gasteiger partial charge on any atom is 0.0657 e. The summed E-state index contributed by atoms with van der Waals surface area (Å²) in [6.45, 7) is 4.97. The summed E-state index contributed by atoms with van der Waals surface area (Å²) < 4.78 is 5.66. The van der Waals surface area contributed by atoms with Gasteiger partial charge in [0.05, 0.1) is 6.10 Å². The highest BCUT2D eigenvalue weighted by Crippen LogP contribution is 2.49. The van der Waals surface area contributed by atoms with Crippen LogP contribution in [0.25, 0.3) is 0 Å². The van der Waals surface area contributed by atoms with Crippen molar-refractivity contribution in [2.75, 3.05) is 13.7 Å². The van der Waals surface area contributed by atoms with Crippen molar-refractivity contribution >= 4 is 0 Å². The van der Waals surface area contributed by atoms with Crippen molar-refractivity contribution < 1.29 is 9.84 Å². The molecule has 2 saturated carbocycles. The lowest BCUT2D eigenvalue weighted by Gasteiger charge is -2.56. The fourth-order valence-corrected chi connectivity index (χ4v) is 4.31. The van der Waals surface area contributed by atoms with Gasteiger partial charge in [0.1, 0.15) is 0 Å². The molecule has 2 rings (SSSR count). The van der Waals surface area contributed by atoms with Crippen LogP contribution in [0.2, 0.25) is 0 Å². The molecule has 2 atom stereocenters. The van der Waals surface area contributed by atoms with E-state index in [4.69, 9.17) is 4.74 Å². The van der Waals surface area contributed by atoms with E-state index in [0.717, 1.165) is 6.42 Å². The summed E-state index contributed by atoms with van der Waals surface area (Å²) >= 11 is 0. The molecule has 0 aromatic heterocycles. The molecule has 2 unspecified atom stereocenters. The monoisotopic (exact) mass is 269 g/mol. The van der Waals surface area contributed by atoms with E-state index in [1.807, 2.05) is 7.11 Å². The fourth-order valence-electron chi connectivity index (χ4n) is 4.31. The Labute approximate surface area is 118 Å². The maximum absolute atomic E-state index is 9.21. The Kier molecular flexibility index (Phi) is 5.27. The quantitative estimate of drug-likeness (QED) is 0.779. The number of aliphatic hydroxyl groups is 1. The van der Waals surface area contributed by atoms with Gasteiger partial charge in [0, 0.05) is 31.2 Å². The Morgan fingerprint density at radius 3 is 2.26 bits per heavy atom. The number of hydrogen-bond acceptors (Lipinski definition) is 3. The molecule has 2 N–H and O–H groups in total. The summed E-state index contributed by atoms with van der Waals surface area (Å²) in [6, 6.07) is 1.28. The smallest absolute Gasteiger partial charge is 0.0657 e. The second kappa shape index (κ2) is 6.55. The van der Waals surface area contributed by atoms with Gasteiger partial charge in [-0.05, 0) is 50.9 Å². The minimum Gasteiger partial charge on any atom is -0.396 e. The Morgan fingerprint density at radius 2 is 1.79 bits per heavy atom. The second-order valence-corrected chi connectivity index (χ2v) is 6.52. The third-order valence-corrected chi connectivity index (χ3v) is 5.93. The Morgan fingerprint density at radius 1 is 1.16 bits per heavy atom. The van der Waals surface area contributed by atoms with Crippen molar-refractivity contribution in [2.24, 2.45) is 11.3 Å². The van der Waals surface area contributed by atoms with Gasteiger partial charge in [-0.2, -0.15) is 0 Å². The molecule has 0 heterocycles. The summed E-state index contributed by atoms with van der Waals surface area (Å²) in [5, 5.41) is 13.1. The van der Waals surface area contributed by atoms with Crippen molar-refractivity contribution in [1.82, 2.24) is 5.32 Å². The Bertz CT molecular complexity index is 270. The standard InChI is InChI=1S/C16H31NO2/c1-4-16(5-2)14(10-15(16)19-3)17-13-8-6-12(11-18)7-9-13/h12-15,17-18H,4-11H2,1-3H3. The molecule has 0 aliphatic heterocycles. The number of nitrogens with one attached hydrogen (secondary N) is 1. The molecular formula is C16H31NO2. The van der Waals surface area contributed by atoms with Gasteiger partial charge in [-0.3, -0.25) is 0 Å². The van der Waals surface area contributed by atoms with Gasteiger partial charge in [-0.1, -0.05) is 13.8 Å². The van der Waals surface area contributed by atoms with Crippen molar-refractivity contribution in [2.45, 2.75) is 77.0 Å². The number of aliphatic hydroxyl groups excluding tert-OH is 1. The van der Waals surface area contributed by atoms with Gasteiger partial charge in [0.15, 0.2) is 0 Å². The summed E-state index contributed by atoms with van der Waals surface area (Å²) in [6.07, 6.45) is 8.81. The molecule has 2 aliphatic rings. The highest BCUT2D eigenvalue weighted by molar-refractivity contribution is 5.07. The molecule has 19 heavy (non-hydrogen) atoms. The lowest BCUT2D eigenvalue weighted by atomic mass is 9.58. The molecule has 112 valence electrons. The summed E-state index contributed by atoms with van der Waals surface area (Å²) in [5.41, 5.74) is 0.350. The van der Waals surface area contributed by atoms with Crippen LogP contribution in [-0.4, -0.2) is 37.0 Å². The normalized spacial score (nSPS) is 37.9. The molecule has 2 aliphatic carbocycles. The van der Waals surface area contributed by atoms with E-state index >= 15 is 0 Å². The van der Waals surface area contributed by atoms with E-state index in [1.54, 1.807) is 0 Å². The van der Waals surface area contributed by atoms with Crippen molar-refractivity contribution in [1.29, 1.82) is 0 Å². The molecule has 0 radical (unpaired) electrons. The predicted molar refractivity (Wildman–Crippen MR) is 78.2 cm³/mol. The first kappa shape index (κ1) is 15.3. The second-order valence-electron chi connectivity index (χ2n) is 6.52. The van der Waals surface area contributed by atoms with Crippen LogP contribution in [0.3, 0.4) is 0 Å². The highest BCUT2D eigenvalue weighted by atomic mass is 16.5. The van der Waals surface area contributed by atoms with E-state index in [1.165, 1.54) is 38.5 Å². The molecule has 2 fully saturated rings. The summed E-state index contributed by atoms with van der Waals surface area (Å²) in [7, 11) is 1.85. The van der Waals surface area contributed by atoms with E-state index in [0.29, 0.717) is 36.1 Å². The maximum atomic E-state index is 9.21. The Hall–Kier alpha value is -0.120. The molecule has 0 saturated heterocycles. The van der Waals surface area contributed by atoms with Gasteiger partial charge in [-0.25, -0.2) is 0 Å². The van der Waals surface area contributed by atoms with E-state index in [9.17, 15) is 5.11 Å². The molecule has 0 bridgehead atoms.